The molecule has 28 heavy (non-hydrogen) atoms. The molecule has 3 aromatic rings. The monoisotopic (exact) mass is 383 g/mol. The number of fused-ring (bicyclic) bond motifs is 2. The number of nitrogens with one attached hydrogen (secondary N) is 1. The van der Waals surface area contributed by atoms with E-state index in [-0.39, 0.29) is 23.3 Å². The molecule has 146 valence electrons. The molecule has 0 saturated carbocycles. The van der Waals surface area contributed by atoms with Gasteiger partial charge < -0.3 is 9.88 Å². The highest BCUT2D eigenvalue weighted by molar-refractivity contribution is 5.94. The van der Waals surface area contributed by atoms with E-state index < -0.39 is 17.2 Å². The summed E-state index contributed by atoms with van der Waals surface area (Å²) in [6.45, 7) is 1.09. The fourth-order valence-electron chi connectivity index (χ4n) is 3.51. The molecule has 10 nitrogen and oxygen atoms in total. The molecule has 1 aliphatic heterocycles. The van der Waals surface area contributed by atoms with Crippen molar-refractivity contribution in [2.75, 3.05) is 0 Å². The number of aromatic nitrogens is 6. The maximum atomic E-state index is 12.6. The van der Waals surface area contributed by atoms with Gasteiger partial charge in [0.1, 0.15) is 17.2 Å². The third-order valence-corrected chi connectivity index (χ3v) is 5.13. The van der Waals surface area contributed by atoms with E-state index in [0.717, 1.165) is 42.6 Å². The van der Waals surface area contributed by atoms with Crippen LogP contribution in [0.2, 0.25) is 0 Å². The lowest BCUT2D eigenvalue weighted by Gasteiger charge is -2.10. The average Bonchev–Trinajstić information content (AvgIpc) is 2.94. The SMILES string of the molecule is Cn1c(=O)c2ccc(C(=O)NCc3nnc4n3CCCCC4)nc2n(C)c1=O. The fourth-order valence-corrected chi connectivity index (χ4v) is 3.51. The molecule has 0 spiro atoms. The summed E-state index contributed by atoms with van der Waals surface area (Å²) in [4.78, 5) is 41.1. The van der Waals surface area contributed by atoms with Crippen molar-refractivity contribution in [3.8, 4) is 0 Å². The summed E-state index contributed by atoms with van der Waals surface area (Å²) >= 11 is 0. The molecule has 4 heterocycles. The second kappa shape index (κ2) is 7.02. The number of carbonyl (C=O) groups is 1. The van der Waals surface area contributed by atoms with Crippen molar-refractivity contribution in [2.24, 2.45) is 14.1 Å². The minimum Gasteiger partial charge on any atom is -0.343 e. The highest BCUT2D eigenvalue weighted by Gasteiger charge is 2.17. The standard InChI is InChI=1S/C18H21N7O3/c1-23-15-11(17(27)24(2)18(23)28)7-8-12(20-15)16(26)19-10-14-22-21-13-6-4-3-5-9-25(13)14/h7-8H,3-6,9-10H2,1-2H3,(H,19,26). The maximum Gasteiger partial charge on any atom is 0.332 e. The Balaban J connectivity index is 1.59. The summed E-state index contributed by atoms with van der Waals surface area (Å²) in [7, 11) is 2.93. The van der Waals surface area contributed by atoms with Gasteiger partial charge in [-0.1, -0.05) is 6.42 Å². The zero-order chi connectivity index (χ0) is 19.8. The molecule has 0 aliphatic carbocycles. The Labute approximate surface area is 159 Å². The number of amides is 1. The molecule has 1 N–H and O–H groups in total. The molecule has 0 aromatic carbocycles. The number of hydrogen-bond acceptors (Lipinski definition) is 6. The van der Waals surface area contributed by atoms with Gasteiger partial charge in [-0.05, 0) is 25.0 Å². The van der Waals surface area contributed by atoms with Crippen molar-refractivity contribution in [1.29, 1.82) is 0 Å². The summed E-state index contributed by atoms with van der Waals surface area (Å²) in [6.07, 6.45) is 4.23. The van der Waals surface area contributed by atoms with Crippen LogP contribution < -0.4 is 16.6 Å². The van der Waals surface area contributed by atoms with Crippen LogP contribution in [0.4, 0.5) is 0 Å². The first-order chi connectivity index (χ1) is 13.5. The van der Waals surface area contributed by atoms with E-state index in [0.29, 0.717) is 5.82 Å². The second-order valence-electron chi connectivity index (χ2n) is 6.95. The van der Waals surface area contributed by atoms with E-state index in [2.05, 4.69) is 25.1 Å². The molecule has 4 rings (SSSR count). The van der Waals surface area contributed by atoms with Gasteiger partial charge in [0.15, 0.2) is 5.82 Å². The molecule has 0 radical (unpaired) electrons. The molecule has 1 aliphatic rings. The molecule has 0 fully saturated rings. The number of rotatable bonds is 3. The number of pyridine rings is 1. The van der Waals surface area contributed by atoms with Gasteiger partial charge in [0.2, 0.25) is 0 Å². The number of aryl methyl sites for hydroxylation is 2. The van der Waals surface area contributed by atoms with Crippen molar-refractivity contribution in [1.82, 2.24) is 34.2 Å². The smallest absolute Gasteiger partial charge is 0.332 e. The van der Waals surface area contributed by atoms with Crippen molar-refractivity contribution in [3.05, 3.63) is 50.3 Å². The van der Waals surface area contributed by atoms with Crippen LogP contribution in [0.3, 0.4) is 0 Å². The zero-order valence-corrected chi connectivity index (χ0v) is 15.8. The fraction of sp³-hybridized carbons (Fsp3) is 0.444. The first-order valence-electron chi connectivity index (χ1n) is 9.23. The van der Waals surface area contributed by atoms with E-state index >= 15 is 0 Å². The van der Waals surface area contributed by atoms with Crippen LogP contribution >= 0.6 is 0 Å². The Morgan fingerprint density at radius 2 is 1.93 bits per heavy atom. The minimum atomic E-state index is -0.492. The van der Waals surface area contributed by atoms with Gasteiger partial charge in [0.25, 0.3) is 11.5 Å². The molecule has 0 atom stereocenters. The molecule has 3 aromatic heterocycles. The van der Waals surface area contributed by atoms with E-state index in [1.54, 1.807) is 0 Å². The maximum absolute atomic E-state index is 12.6. The highest BCUT2D eigenvalue weighted by Crippen LogP contribution is 2.14. The number of carbonyl (C=O) groups excluding carboxylic acids is 1. The molecule has 10 heteroatoms. The lowest BCUT2D eigenvalue weighted by Crippen LogP contribution is -2.37. The van der Waals surface area contributed by atoms with Gasteiger partial charge in [-0.25, -0.2) is 9.78 Å². The molecular weight excluding hydrogens is 362 g/mol. The van der Waals surface area contributed by atoms with Crippen LogP contribution in [0.15, 0.2) is 21.7 Å². The Kier molecular flexibility index (Phi) is 4.54. The summed E-state index contributed by atoms with van der Waals surface area (Å²) < 4.78 is 4.33. The molecule has 1 amide bonds. The van der Waals surface area contributed by atoms with E-state index in [4.69, 9.17) is 0 Å². The van der Waals surface area contributed by atoms with Crippen LogP contribution in [-0.4, -0.2) is 34.8 Å². The Morgan fingerprint density at radius 1 is 1.11 bits per heavy atom. The summed E-state index contributed by atoms with van der Waals surface area (Å²) in [5.41, 5.74) is -0.624. The molecule has 0 bridgehead atoms. The van der Waals surface area contributed by atoms with Crippen molar-refractivity contribution < 1.29 is 4.79 Å². The van der Waals surface area contributed by atoms with E-state index in [1.807, 2.05) is 0 Å². The summed E-state index contributed by atoms with van der Waals surface area (Å²) in [5, 5.41) is 11.5. The zero-order valence-electron chi connectivity index (χ0n) is 15.8. The third kappa shape index (κ3) is 3.00. The Bertz CT molecular complexity index is 1190. The average molecular weight is 383 g/mol. The van der Waals surface area contributed by atoms with Crippen molar-refractivity contribution in [2.45, 2.75) is 38.8 Å². The first kappa shape index (κ1) is 18.1. The van der Waals surface area contributed by atoms with Crippen LogP contribution in [0, 0.1) is 0 Å². The van der Waals surface area contributed by atoms with Gasteiger partial charge in [-0.2, -0.15) is 0 Å². The first-order valence-corrected chi connectivity index (χ1v) is 9.23. The van der Waals surface area contributed by atoms with Crippen LogP contribution in [0.5, 0.6) is 0 Å². The molecule has 0 saturated heterocycles. The third-order valence-electron chi connectivity index (χ3n) is 5.13. The van der Waals surface area contributed by atoms with Crippen LogP contribution in [0.1, 0.15) is 41.4 Å². The topological polar surface area (TPSA) is 117 Å². The van der Waals surface area contributed by atoms with Gasteiger partial charge in [-0.15, -0.1) is 10.2 Å². The highest BCUT2D eigenvalue weighted by atomic mass is 16.2. The van der Waals surface area contributed by atoms with E-state index in [1.165, 1.54) is 30.8 Å². The molecular formula is C18H21N7O3. The van der Waals surface area contributed by atoms with Crippen molar-refractivity contribution in [3.63, 3.8) is 0 Å². The second-order valence-corrected chi connectivity index (χ2v) is 6.95. The lowest BCUT2D eigenvalue weighted by molar-refractivity contribution is 0.0944. The predicted octanol–water partition coefficient (Wildman–Crippen LogP) is -0.120. The lowest BCUT2D eigenvalue weighted by atomic mass is 10.2. The van der Waals surface area contributed by atoms with Gasteiger partial charge in [0, 0.05) is 27.1 Å². The normalized spacial score (nSPS) is 13.9. The largest absolute Gasteiger partial charge is 0.343 e. The predicted molar refractivity (Wildman–Crippen MR) is 101 cm³/mol. The van der Waals surface area contributed by atoms with Gasteiger partial charge in [-0.3, -0.25) is 18.7 Å². The number of hydrogen-bond donors (Lipinski definition) is 1. The quantitative estimate of drug-likeness (QED) is 0.674. The van der Waals surface area contributed by atoms with Crippen LogP contribution in [0.25, 0.3) is 11.0 Å². The number of nitrogens with zero attached hydrogens (tertiary/aromatic N) is 6. The van der Waals surface area contributed by atoms with E-state index in [9.17, 15) is 14.4 Å². The van der Waals surface area contributed by atoms with Gasteiger partial charge >= 0.3 is 5.69 Å². The minimum absolute atomic E-state index is 0.131. The van der Waals surface area contributed by atoms with Crippen molar-refractivity contribution >= 4 is 16.9 Å². The summed E-state index contributed by atoms with van der Waals surface area (Å²) in [5.74, 6) is 1.27. The van der Waals surface area contributed by atoms with Gasteiger partial charge in [0.05, 0.1) is 11.9 Å². The summed E-state index contributed by atoms with van der Waals surface area (Å²) in [6, 6.07) is 3.00. The molecule has 0 unspecified atom stereocenters. The van der Waals surface area contributed by atoms with Crippen LogP contribution in [-0.2, 0) is 33.6 Å². The Hall–Kier alpha value is -3.30. The Morgan fingerprint density at radius 3 is 2.75 bits per heavy atom.